The Bertz CT molecular complexity index is 2780. The van der Waals surface area contributed by atoms with Gasteiger partial charge in [-0.05, 0) is 105 Å². The second-order valence-electron chi connectivity index (χ2n) is 14.6. The third kappa shape index (κ3) is 5.10. The summed E-state index contributed by atoms with van der Waals surface area (Å²) < 4.78 is 2.46. The highest BCUT2D eigenvalue weighted by molar-refractivity contribution is 6.12. The number of para-hydroxylation sites is 1. The van der Waals surface area contributed by atoms with Crippen LogP contribution in [-0.4, -0.2) is 4.57 Å². The van der Waals surface area contributed by atoms with E-state index < -0.39 is 0 Å². The second-order valence-corrected chi connectivity index (χ2v) is 14.6. The molecule has 2 heteroatoms. The van der Waals surface area contributed by atoms with E-state index in [9.17, 15) is 0 Å². The lowest BCUT2D eigenvalue weighted by molar-refractivity contribution is 0.661. The van der Waals surface area contributed by atoms with Crippen LogP contribution in [0, 0.1) is 0 Å². The molecule has 0 spiro atoms. The van der Waals surface area contributed by atoms with Crippen LogP contribution in [0.2, 0.25) is 0 Å². The summed E-state index contributed by atoms with van der Waals surface area (Å²) in [5.41, 5.74) is 17.1. The van der Waals surface area contributed by atoms with E-state index in [1.165, 1.54) is 66.3 Å². The molecule has 0 aliphatic heterocycles. The highest BCUT2D eigenvalue weighted by Gasteiger charge is 2.36. The average molecular weight is 679 g/mol. The van der Waals surface area contributed by atoms with Crippen molar-refractivity contribution in [2.75, 3.05) is 4.90 Å². The molecule has 0 fully saturated rings. The highest BCUT2D eigenvalue weighted by Crippen LogP contribution is 2.51. The van der Waals surface area contributed by atoms with Crippen molar-refractivity contribution in [2.45, 2.75) is 19.3 Å². The van der Waals surface area contributed by atoms with Crippen molar-refractivity contribution < 1.29 is 0 Å². The maximum atomic E-state index is 2.46. The molecular weight excluding hydrogens is 641 g/mol. The molecule has 53 heavy (non-hydrogen) atoms. The average Bonchev–Trinajstić information content (AvgIpc) is 3.66. The molecular formula is C51H38N2. The zero-order valence-electron chi connectivity index (χ0n) is 29.9. The van der Waals surface area contributed by atoms with Crippen LogP contribution < -0.4 is 4.90 Å². The van der Waals surface area contributed by atoms with Gasteiger partial charge in [0.05, 0.1) is 11.0 Å². The maximum absolute atomic E-state index is 2.46. The number of rotatable bonds is 6. The highest BCUT2D eigenvalue weighted by atomic mass is 15.1. The van der Waals surface area contributed by atoms with Crippen molar-refractivity contribution in [2.24, 2.45) is 0 Å². The monoisotopic (exact) mass is 678 g/mol. The molecule has 2 nitrogen and oxygen atoms in total. The lowest BCUT2D eigenvalue weighted by Gasteiger charge is -2.26. The van der Waals surface area contributed by atoms with Crippen molar-refractivity contribution in [3.63, 3.8) is 0 Å². The third-order valence-corrected chi connectivity index (χ3v) is 11.2. The summed E-state index contributed by atoms with van der Waals surface area (Å²) in [6.07, 6.45) is 0. The van der Waals surface area contributed by atoms with E-state index in [2.05, 4.69) is 217 Å². The molecule has 252 valence electrons. The number of nitrogens with zero attached hydrogens (tertiary/aromatic N) is 2. The molecule has 0 bridgehead atoms. The molecule has 0 unspecified atom stereocenters. The lowest BCUT2D eigenvalue weighted by Crippen LogP contribution is -2.14. The molecule has 0 amide bonds. The summed E-state index contributed by atoms with van der Waals surface area (Å²) in [5, 5.41) is 2.52. The van der Waals surface area contributed by atoms with Gasteiger partial charge in [-0.3, -0.25) is 0 Å². The molecule has 1 aliphatic rings. The number of hydrogen-bond acceptors (Lipinski definition) is 1. The zero-order chi connectivity index (χ0) is 35.5. The lowest BCUT2D eigenvalue weighted by atomic mass is 9.82. The topological polar surface area (TPSA) is 8.17 Å². The summed E-state index contributed by atoms with van der Waals surface area (Å²) in [5.74, 6) is 0. The van der Waals surface area contributed by atoms with Crippen LogP contribution >= 0.6 is 0 Å². The Morgan fingerprint density at radius 2 is 0.943 bits per heavy atom. The molecule has 9 aromatic rings. The van der Waals surface area contributed by atoms with Gasteiger partial charge in [-0.15, -0.1) is 0 Å². The van der Waals surface area contributed by atoms with Gasteiger partial charge in [0.15, 0.2) is 0 Å². The van der Waals surface area contributed by atoms with Crippen LogP contribution in [0.4, 0.5) is 17.1 Å². The minimum Gasteiger partial charge on any atom is -0.310 e. The molecule has 10 rings (SSSR count). The van der Waals surface area contributed by atoms with Crippen molar-refractivity contribution in [3.05, 3.63) is 205 Å². The third-order valence-electron chi connectivity index (χ3n) is 11.2. The van der Waals surface area contributed by atoms with Gasteiger partial charge in [-0.2, -0.15) is 0 Å². The standard InChI is InChI=1S/C51H38N2/c1-51(2)47-24-13-12-23-43(47)45-33-46-44-30-29-42(32-49(44)53(50(46)34-48(45)51)39-20-10-5-11-21-39)52(40-27-25-37(26-28-40)35-15-6-3-7-16-35)41-22-14-19-38(31-41)36-17-8-4-9-18-36/h3-34H,1-2H3. The first-order valence-electron chi connectivity index (χ1n) is 18.4. The first-order valence-corrected chi connectivity index (χ1v) is 18.4. The molecule has 0 N–H and O–H groups in total. The van der Waals surface area contributed by atoms with Gasteiger partial charge < -0.3 is 9.47 Å². The van der Waals surface area contributed by atoms with E-state index in [0.29, 0.717) is 0 Å². The minimum atomic E-state index is -0.0876. The van der Waals surface area contributed by atoms with E-state index in [-0.39, 0.29) is 5.41 Å². The SMILES string of the molecule is CC1(C)c2ccccc2-c2cc3c4ccc(N(c5ccc(-c6ccccc6)cc5)c5cccc(-c6ccccc6)c5)cc4n(-c4ccccc4)c3cc21. The van der Waals surface area contributed by atoms with Gasteiger partial charge in [0, 0.05) is 38.9 Å². The fourth-order valence-electron chi connectivity index (χ4n) is 8.53. The number of anilines is 3. The maximum Gasteiger partial charge on any atom is 0.0561 e. The number of aromatic nitrogens is 1. The molecule has 8 aromatic carbocycles. The fraction of sp³-hybridized carbons (Fsp3) is 0.0588. The Morgan fingerprint density at radius 3 is 1.68 bits per heavy atom. The Balaban J connectivity index is 1.21. The van der Waals surface area contributed by atoms with Crippen LogP contribution in [0.25, 0.3) is 60.9 Å². The van der Waals surface area contributed by atoms with Crippen molar-refractivity contribution >= 4 is 38.9 Å². The summed E-state index contributed by atoms with van der Waals surface area (Å²) >= 11 is 0. The van der Waals surface area contributed by atoms with E-state index in [4.69, 9.17) is 0 Å². The van der Waals surface area contributed by atoms with Crippen LogP contribution in [0.15, 0.2) is 194 Å². The van der Waals surface area contributed by atoms with E-state index >= 15 is 0 Å². The largest absolute Gasteiger partial charge is 0.310 e. The van der Waals surface area contributed by atoms with Gasteiger partial charge >= 0.3 is 0 Å². The smallest absolute Gasteiger partial charge is 0.0561 e. The summed E-state index contributed by atoms with van der Waals surface area (Å²) in [4.78, 5) is 2.40. The predicted octanol–water partition coefficient (Wildman–Crippen LogP) is 13.9. The van der Waals surface area contributed by atoms with Crippen molar-refractivity contribution in [3.8, 4) is 39.1 Å². The summed E-state index contributed by atoms with van der Waals surface area (Å²) in [6, 6.07) is 70.8. The Kier molecular flexibility index (Phi) is 7.19. The molecule has 1 heterocycles. The van der Waals surface area contributed by atoms with E-state index in [1.807, 2.05) is 0 Å². The van der Waals surface area contributed by atoms with Gasteiger partial charge in [0.1, 0.15) is 0 Å². The normalized spacial score (nSPS) is 12.9. The summed E-state index contributed by atoms with van der Waals surface area (Å²) in [7, 11) is 0. The summed E-state index contributed by atoms with van der Waals surface area (Å²) in [6.45, 7) is 4.73. The molecule has 0 saturated carbocycles. The Morgan fingerprint density at radius 1 is 0.377 bits per heavy atom. The first kappa shape index (κ1) is 31.1. The van der Waals surface area contributed by atoms with Gasteiger partial charge in [0.2, 0.25) is 0 Å². The van der Waals surface area contributed by atoms with E-state index in [0.717, 1.165) is 22.7 Å². The molecule has 0 radical (unpaired) electrons. The van der Waals surface area contributed by atoms with E-state index in [1.54, 1.807) is 0 Å². The number of fused-ring (bicyclic) bond motifs is 6. The van der Waals surface area contributed by atoms with Crippen molar-refractivity contribution in [1.29, 1.82) is 0 Å². The van der Waals surface area contributed by atoms with Gasteiger partial charge in [-0.1, -0.05) is 147 Å². The van der Waals surface area contributed by atoms with Crippen LogP contribution in [0.3, 0.4) is 0 Å². The fourth-order valence-corrected chi connectivity index (χ4v) is 8.53. The minimum absolute atomic E-state index is 0.0876. The predicted molar refractivity (Wildman–Crippen MR) is 224 cm³/mol. The zero-order valence-corrected chi connectivity index (χ0v) is 29.9. The van der Waals surface area contributed by atoms with Crippen LogP contribution in [0.5, 0.6) is 0 Å². The molecule has 0 atom stereocenters. The Labute approximate surface area is 310 Å². The van der Waals surface area contributed by atoms with Crippen molar-refractivity contribution in [1.82, 2.24) is 4.57 Å². The molecule has 0 saturated heterocycles. The van der Waals surface area contributed by atoms with Gasteiger partial charge in [0.25, 0.3) is 0 Å². The quantitative estimate of drug-likeness (QED) is 0.170. The van der Waals surface area contributed by atoms with Crippen LogP contribution in [-0.2, 0) is 5.41 Å². The Hall–Kier alpha value is -6.64. The van der Waals surface area contributed by atoms with Crippen LogP contribution in [0.1, 0.15) is 25.0 Å². The number of benzene rings is 8. The van der Waals surface area contributed by atoms with Gasteiger partial charge in [-0.25, -0.2) is 0 Å². The molecule has 1 aliphatic carbocycles. The number of hydrogen-bond donors (Lipinski definition) is 0. The second kappa shape index (κ2) is 12.3. The first-order chi connectivity index (χ1) is 26.0. The molecule has 1 aromatic heterocycles.